The van der Waals surface area contributed by atoms with Gasteiger partial charge in [0.1, 0.15) is 0 Å². The second-order valence-electron chi connectivity index (χ2n) is 3.16. The Hall–Kier alpha value is -0.380. The Morgan fingerprint density at radius 2 is 2.31 bits per heavy atom. The van der Waals surface area contributed by atoms with Gasteiger partial charge in [-0.3, -0.25) is 0 Å². The molecule has 13 heavy (non-hydrogen) atoms. The summed E-state index contributed by atoms with van der Waals surface area (Å²) in [6.45, 7) is 2.76. The van der Waals surface area contributed by atoms with Crippen LogP contribution in [0.5, 0.6) is 0 Å². The summed E-state index contributed by atoms with van der Waals surface area (Å²) in [5.41, 5.74) is 2.26. The van der Waals surface area contributed by atoms with Crippen LogP contribution >= 0.6 is 11.3 Å². The Labute approximate surface area is 83.2 Å². The first-order valence-electron chi connectivity index (χ1n) is 4.45. The predicted octanol–water partition coefficient (Wildman–Crippen LogP) is 2.52. The van der Waals surface area contributed by atoms with Crippen LogP contribution in [-0.4, -0.2) is 18.8 Å². The third kappa shape index (κ3) is 3.10. The van der Waals surface area contributed by atoms with Crippen molar-refractivity contribution < 1.29 is 9.84 Å². The normalized spacial score (nSPS) is 13.2. The van der Waals surface area contributed by atoms with Gasteiger partial charge >= 0.3 is 0 Å². The summed E-state index contributed by atoms with van der Waals surface area (Å²) in [5, 5.41) is 13.9. The third-order valence-corrected chi connectivity index (χ3v) is 2.96. The number of hydrogen-bond acceptors (Lipinski definition) is 3. The minimum Gasteiger partial charge on any atom is -0.388 e. The van der Waals surface area contributed by atoms with Crippen LogP contribution in [0.1, 0.15) is 30.1 Å². The fourth-order valence-corrected chi connectivity index (χ4v) is 2.19. The lowest BCUT2D eigenvalue weighted by Gasteiger charge is -2.09. The first kappa shape index (κ1) is 10.7. The molecule has 1 aromatic rings. The van der Waals surface area contributed by atoms with Gasteiger partial charge in [0.15, 0.2) is 0 Å². The number of aliphatic hydroxyl groups is 1. The standard InChI is InChI=1S/C10H16O2S/c1-8-6-13-7-9(8)10(11)4-3-5-12-2/h6-7,10-11H,3-5H2,1-2H3. The number of rotatable bonds is 5. The van der Waals surface area contributed by atoms with Crippen molar-refractivity contribution in [2.24, 2.45) is 0 Å². The molecular weight excluding hydrogens is 184 g/mol. The fraction of sp³-hybridized carbons (Fsp3) is 0.600. The Bertz CT molecular complexity index is 245. The summed E-state index contributed by atoms with van der Waals surface area (Å²) in [7, 11) is 1.68. The van der Waals surface area contributed by atoms with Gasteiger partial charge in [-0.1, -0.05) is 0 Å². The van der Waals surface area contributed by atoms with E-state index in [0.717, 1.165) is 25.0 Å². The van der Waals surface area contributed by atoms with Gasteiger partial charge in [-0.05, 0) is 41.7 Å². The summed E-state index contributed by atoms with van der Waals surface area (Å²) in [6, 6.07) is 0. The summed E-state index contributed by atoms with van der Waals surface area (Å²) >= 11 is 1.64. The van der Waals surface area contributed by atoms with Gasteiger partial charge in [0.25, 0.3) is 0 Å². The molecule has 0 amide bonds. The van der Waals surface area contributed by atoms with E-state index in [4.69, 9.17) is 4.74 Å². The zero-order chi connectivity index (χ0) is 9.68. The highest BCUT2D eigenvalue weighted by Gasteiger charge is 2.10. The molecule has 0 saturated heterocycles. The Morgan fingerprint density at radius 3 is 2.85 bits per heavy atom. The van der Waals surface area contributed by atoms with Crippen molar-refractivity contribution in [2.45, 2.75) is 25.9 Å². The van der Waals surface area contributed by atoms with Gasteiger partial charge in [0, 0.05) is 13.7 Å². The van der Waals surface area contributed by atoms with Crippen molar-refractivity contribution in [3.05, 3.63) is 21.9 Å². The molecule has 0 bridgehead atoms. The van der Waals surface area contributed by atoms with Gasteiger partial charge in [0.05, 0.1) is 6.10 Å². The zero-order valence-corrected chi connectivity index (χ0v) is 8.93. The average Bonchev–Trinajstić information content (AvgIpc) is 2.52. The van der Waals surface area contributed by atoms with Crippen LogP contribution in [0.2, 0.25) is 0 Å². The molecule has 0 aliphatic heterocycles. The molecule has 2 nitrogen and oxygen atoms in total. The van der Waals surface area contributed by atoms with Gasteiger partial charge < -0.3 is 9.84 Å². The van der Waals surface area contributed by atoms with E-state index < -0.39 is 0 Å². The van der Waals surface area contributed by atoms with Gasteiger partial charge in [-0.15, -0.1) is 0 Å². The highest BCUT2D eigenvalue weighted by atomic mass is 32.1. The van der Waals surface area contributed by atoms with Crippen molar-refractivity contribution in [3.8, 4) is 0 Å². The topological polar surface area (TPSA) is 29.5 Å². The molecular formula is C10H16O2S. The van der Waals surface area contributed by atoms with E-state index in [1.54, 1.807) is 18.4 Å². The molecule has 1 heterocycles. The molecule has 0 spiro atoms. The zero-order valence-electron chi connectivity index (χ0n) is 8.12. The summed E-state index contributed by atoms with van der Waals surface area (Å²) in [5.74, 6) is 0. The number of methoxy groups -OCH3 is 1. The summed E-state index contributed by atoms with van der Waals surface area (Å²) < 4.78 is 4.93. The molecule has 74 valence electrons. The molecule has 1 aromatic heterocycles. The molecule has 0 aliphatic carbocycles. The smallest absolute Gasteiger partial charge is 0.0801 e. The second kappa shape index (κ2) is 5.37. The highest BCUT2D eigenvalue weighted by molar-refractivity contribution is 7.08. The minimum atomic E-state index is -0.318. The van der Waals surface area contributed by atoms with E-state index in [2.05, 4.69) is 5.38 Å². The van der Waals surface area contributed by atoms with Gasteiger partial charge in [0.2, 0.25) is 0 Å². The fourth-order valence-electron chi connectivity index (χ4n) is 1.29. The van der Waals surface area contributed by atoms with Crippen molar-refractivity contribution in [1.82, 2.24) is 0 Å². The molecule has 0 aromatic carbocycles. The van der Waals surface area contributed by atoms with Crippen LogP contribution in [0, 0.1) is 6.92 Å². The summed E-state index contributed by atoms with van der Waals surface area (Å²) in [6.07, 6.45) is 1.37. The second-order valence-corrected chi connectivity index (χ2v) is 3.90. The van der Waals surface area contributed by atoms with Crippen molar-refractivity contribution in [3.63, 3.8) is 0 Å². The number of ether oxygens (including phenoxy) is 1. The van der Waals surface area contributed by atoms with E-state index in [9.17, 15) is 5.11 Å². The first-order valence-corrected chi connectivity index (χ1v) is 5.39. The van der Waals surface area contributed by atoms with Crippen molar-refractivity contribution in [2.75, 3.05) is 13.7 Å². The molecule has 1 rings (SSSR count). The van der Waals surface area contributed by atoms with Gasteiger partial charge in [-0.2, -0.15) is 11.3 Å². The van der Waals surface area contributed by atoms with Crippen LogP contribution in [0.15, 0.2) is 10.8 Å². The first-order chi connectivity index (χ1) is 6.25. The molecule has 0 fully saturated rings. The predicted molar refractivity (Wildman–Crippen MR) is 55.1 cm³/mol. The van der Waals surface area contributed by atoms with Gasteiger partial charge in [-0.25, -0.2) is 0 Å². The Balaban J connectivity index is 2.39. The maximum atomic E-state index is 9.77. The van der Waals surface area contributed by atoms with E-state index in [1.165, 1.54) is 5.56 Å². The largest absolute Gasteiger partial charge is 0.388 e. The minimum absolute atomic E-state index is 0.318. The molecule has 0 aliphatic rings. The van der Waals surface area contributed by atoms with Crippen LogP contribution in [-0.2, 0) is 4.74 Å². The third-order valence-electron chi connectivity index (χ3n) is 2.08. The molecule has 0 radical (unpaired) electrons. The summed E-state index contributed by atoms with van der Waals surface area (Å²) in [4.78, 5) is 0. The van der Waals surface area contributed by atoms with Crippen LogP contribution in [0.3, 0.4) is 0 Å². The molecule has 3 heteroatoms. The lowest BCUT2D eigenvalue weighted by molar-refractivity contribution is 0.136. The SMILES string of the molecule is COCCCC(O)c1cscc1C. The molecule has 0 saturated carbocycles. The molecule has 1 unspecified atom stereocenters. The Kier molecular flexibility index (Phi) is 4.42. The van der Waals surface area contributed by atoms with Crippen LogP contribution in [0.4, 0.5) is 0 Å². The number of aryl methyl sites for hydroxylation is 1. The number of aliphatic hydroxyl groups excluding tert-OH is 1. The quantitative estimate of drug-likeness (QED) is 0.740. The van der Waals surface area contributed by atoms with E-state index >= 15 is 0 Å². The molecule has 1 N–H and O–H groups in total. The lowest BCUT2D eigenvalue weighted by Crippen LogP contribution is -1.99. The maximum Gasteiger partial charge on any atom is 0.0801 e. The highest BCUT2D eigenvalue weighted by Crippen LogP contribution is 2.24. The number of hydrogen-bond donors (Lipinski definition) is 1. The van der Waals surface area contributed by atoms with Crippen LogP contribution < -0.4 is 0 Å². The van der Waals surface area contributed by atoms with E-state index in [-0.39, 0.29) is 6.10 Å². The average molecular weight is 200 g/mol. The lowest BCUT2D eigenvalue weighted by atomic mass is 10.1. The van der Waals surface area contributed by atoms with E-state index in [0.29, 0.717) is 0 Å². The van der Waals surface area contributed by atoms with Crippen LogP contribution in [0.25, 0.3) is 0 Å². The number of thiophene rings is 1. The van der Waals surface area contributed by atoms with Crippen molar-refractivity contribution >= 4 is 11.3 Å². The molecule has 1 atom stereocenters. The maximum absolute atomic E-state index is 9.77. The monoisotopic (exact) mass is 200 g/mol. The Morgan fingerprint density at radius 1 is 1.54 bits per heavy atom. The van der Waals surface area contributed by atoms with E-state index in [1.807, 2.05) is 12.3 Å². The van der Waals surface area contributed by atoms with Crippen molar-refractivity contribution in [1.29, 1.82) is 0 Å².